The Kier molecular flexibility index (Phi) is 7.27. The average Bonchev–Trinajstić information content (AvgIpc) is 3.45. The number of rotatable bonds is 5. The third kappa shape index (κ3) is 5.30. The molecule has 0 unspecified atom stereocenters. The van der Waals surface area contributed by atoms with E-state index in [9.17, 15) is 0 Å². The molecule has 0 saturated heterocycles. The van der Waals surface area contributed by atoms with Crippen LogP contribution in [0, 0.1) is 0 Å². The third-order valence-corrected chi connectivity index (χ3v) is 11.5. The fraction of sp³-hybridized carbons (Fsp3) is 0.0566. The van der Waals surface area contributed by atoms with E-state index < -0.39 is 0 Å². The van der Waals surface area contributed by atoms with Crippen molar-refractivity contribution < 1.29 is 0 Å². The van der Waals surface area contributed by atoms with Crippen LogP contribution in [0.5, 0.6) is 0 Å². The van der Waals surface area contributed by atoms with E-state index in [1.54, 1.807) is 0 Å². The lowest BCUT2D eigenvalue weighted by molar-refractivity contribution is 0.661. The summed E-state index contributed by atoms with van der Waals surface area (Å²) in [5.41, 5.74) is 17.8. The van der Waals surface area contributed by atoms with Crippen molar-refractivity contribution >= 4 is 21.5 Å². The molecule has 0 spiro atoms. The van der Waals surface area contributed by atoms with Crippen molar-refractivity contribution in [3.63, 3.8) is 0 Å². The number of hydrogen-bond donors (Lipinski definition) is 0. The molecule has 0 fully saturated rings. The summed E-state index contributed by atoms with van der Waals surface area (Å²) in [5, 5.41) is 5.12. The molecule has 0 atom stereocenters. The van der Waals surface area contributed by atoms with Crippen LogP contribution in [-0.4, -0.2) is 0 Å². The van der Waals surface area contributed by atoms with Gasteiger partial charge in [0, 0.05) is 5.41 Å². The lowest BCUT2D eigenvalue weighted by Crippen LogP contribution is -2.15. The van der Waals surface area contributed by atoms with Gasteiger partial charge >= 0.3 is 0 Å². The highest BCUT2D eigenvalue weighted by atomic mass is 14.4. The first-order chi connectivity index (χ1) is 26.0. The van der Waals surface area contributed by atoms with Crippen molar-refractivity contribution in [1.82, 2.24) is 0 Å². The summed E-state index contributed by atoms with van der Waals surface area (Å²) in [4.78, 5) is 0. The van der Waals surface area contributed by atoms with Gasteiger partial charge in [-0.15, -0.1) is 0 Å². The van der Waals surface area contributed by atoms with Gasteiger partial charge in [0.2, 0.25) is 0 Å². The molecular weight excluding hydrogens is 637 g/mol. The fourth-order valence-corrected chi connectivity index (χ4v) is 8.59. The van der Waals surface area contributed by atoms with E-state index in [1.165, 1.54) is 99.4 Å². The van der Waals surface area contributed by atoms with Crippen molar-refractivity contribution in [3.05, 3.63) is 205 Å². The third-order valence-electron chi connectivity index (χ3n) is 11.5. The topological polar surface area (TPSA) is 0 Å². The van der Waals surface area contributed by atoms with Gasteiger partial charge in [-0.2, -0.15) is 0 Å². The highest BCUT2D eigenvalue weighted by Crippen LogP contribution is 2.50. The molecule has 0 heterocycles. The first-order valence-corrected chi connectivity index (χ1v) is 18.6. The van der Waals surface area contributed by atoms with Gasteiger partial charge < -0.3 is 0 Å². The molecule has 1 aliphatic carbocycles. The van der Waals surface area contributed by atoms with Crippen molar-refractivity contribution in [2.24, 2.45) is 0 Å². The minimum Gasteiger partial charge on any atom is -0.0616 e. The second-order valence-electron chi connectivity index (χ2n) is 14.9. The lowest BCUT2D eigenvalue weighted by Gasteiger charge is -2.22. The van der Waals surface area contributed by atoms with E-state index in [4.69, 9.17) is 0 Å². The quantitative estimate of drug-likeness (QED) is 0.170. The van der Waals surface area contributed by atoms with Gasteiger partial charge in [0.15, 0.2) is 0 Å². The first-order valence-electron chi connectivity index (χ1n) is 18.6. The van der Waals surface area contributed by atoms with Crippen LogP contribution in [0.4, 0.5) is 0 Å². The molecule has 0 radical (unpaired) electrons. The van der Waals surface area contributed by atoms with Crippen LogP contribution in [0.25, 0.3) is 88.3 Å². The highest BCUT2D eigenvalue weighted by Gasteiger charge is 2.35. The van der Waals surface area contributed by atoms with Crippen molar-refractivity contribution in [2.45, 2.75) is 19.3 Å². The molecule has 0 aliphatic heterocycles. The Bertz CT molecular complexity index is 2810. The molecule has 53 heavy (non-hydrogen) atoms. The Morgan fingerprint density at radius 3 is 1.00 bits per heavy atom. The molecule has 10 rings (SSSR count). The fourth-order valence-electron chi connectivity index (χ4n) is 8.59. The van der Waals surface area contributed by atoms with Crippen LogP contribution in [0.2, 0.25) is 0 Å². The molecule has 0 aromatic heterocycles. The zero-order valence-electron chi connectivity index (χ0n) is 30.0. The highest BCUT2D eigenvalue weighted by molar-refractivity contribution is 5.98. The first kappa shape index (κ1) is 31.3. The van der Waals surface area contributed by atoms with E-state index >= 15 is 0 Å². The summed E-state index contributed by atoms with van der Waals surface area (Å²) >= 11 is 0. The molecule has 0 saturated carbocycles. The van der Waals surface area contributed by atoms with Gasteiger partial charge in [-0.05, 0) is 112 Å². The van der Waals surface area contributed by atoms with Crippen LogP contribution < -0.4 is 0 Å². The maximum atomic E-state index is 2.42. The molecule has 0 heteroatoms. The lowest BCUT2D eigenvalue weighted by atomic mass is 9.80. The molecule has 250 valence electrons. The van der Waals surface area contributed by atoms with Crippen molar-refractivity contribution in [1.29, 1.82) is 0 Å². The Morgan fingerprint density at radius 1 is 0.264 bits per heavy atom. The van der Waals surface area contributed by atoms with Gasteiger partial charge in [-0.3, -0.25) is 0 Å². The monoisotopic (exact) mass is 674 g/mol. The summed E-state index contributed by atoms with van der Waals surface area (Å²) in [6.07, 6.45) is 0. The predicted octanol–water partition coefficient (Wildman–Crippen LogP) is 14.6. The van der Waals surface area contributed by atoms with Gasteiger partial charge in [0.1, 0.15) is 0 Å². The number of fused-ring (bicyclic) bond motifs is 5. The normalized spacial score (nSPS) is 12.9. The van der Waals surface area contributed by atoms with E-state index in [2.05, 4.69) is 208 Å². The van der Waals surface area contributed by atoms with E-state index in [0.29, 0.717) is 0 Å². The molecule has 1 aliphatic rings. The van der Waals surface area contributed by atoms with Crippen molar-refractivity contribution in [2.75, 3.05) is 0 Å². The minimum absolute atomic E-state index is 0.106. The zero-order valence-corrected chi connectivity index (χ0v) is 30.0. The molecule has 9 aromatic rings. The van der Waals surface area contributed by atoms with Crippen molar-refractivity contribution in [3.8, 4) is 66.8 Å². The van der Waals surface area contributed by atoms with E-state index in [-0.39, 0.29) is 5.41 Å². The summed E-state index contributed by atoms with van der Waals surface area (Å²) in [5.74, 6) is 0. The standard InChI is InChI=1S/C53H38/c1-53(2)51-33-43(37-19-17-35(18-20-37)36-21-25-41(26-22-36)47-15-7-11-39-9-3-5-13-45(39)47)29-31-49(51)50-32-30-44(34-52(50)53)38-23-27-42(28-24-38)48-16-8-12-40-10-4-6-14-46(40)48/h3-34H,1-2H3. The van der Waals surface area contributed by atoms with Crippen LogP contribution in [0.3, 0.4) is 0 Å². The molecule has 0 amide bonds. The predicted molar refractivity (Wildman–Crippen MR) is 226 cm³/mol. The van der Waals surface area contributed by atoms with E-state index in [0.717, 1.165) is 0 Å². The van der Waals surface area contributed by atoms with Crippen LogP contribution in [0.15, 0.2) is 194 Å². The molecule has 0 nitrogen and oxygen atoms in total. The van der Waals surface area contributed by atoms with Gasteiger partial charge in [0.25, 0.3) is 0 Å². The summed E-state index contributed by atoms with van der Waals surface area (Å²) in [6.45, 7) is 4.75. The second-order valence-corrected chi connectivity index (χ2v) is 14.9. The Morgan fingerprint density at radius 2 is 0.585 bits per heavy atom. The van der Waals surface area contributed by atoms with Crippen LogP contribution in [0.1, 0.15) is 25.0 Å². The summed E-state index contributed by atoms with van der Waals surface area (Å²) < 4.78 is 0. The SMILES string of the molecule is CC1(C)c2cc(-c3ccc(-c4ccc(-c5cccc6ccccc56)cc4)cc3)ccc2-c2ccc(-c3ccc(-c4cccc5ccccc45)cc3)cc21. The molecule has 9 aromatic carbocycles. The van der Waals surface area contributed by atoms with Crippen LogP contribution >= 0.6 is 0 Å². The molecule has 0 bridgehead atoms. The summed E-state index contributed by atoms with van der Waals surface area (Å²) in [6, 6.07) is 71.5. The largest absolute Gasteiger partial charge is 0.0616 e. The van der Waals surface area contributed by atoms with Gasteiger partial charge in [-0.1, -0.05) is 196 Å². The number of hydrogen-bond acceptors (Lipinski definition) is 0. The maximum Gasteiger partial charge on any atom is 0.0159 e. The zero-order chi connectivity index (χ0) is 35.5. The average molecular weight is 675 g/mol. The molecule has 0 N–H and O–H groups in total. The van der Waals surface area contributed by atoms with Gasteiger partial charge in [0.05, 0.1) is 0 Å². The summed E-state index contributed by atoms with van der Waals surface area (Å²) in [7, 11) is 0. The minimum atomic E-state index is -0.106. The van der Waals surface area contributed by atoms with Gasteiger partial charge in [-0.25, -0.2) is 0 Å². The molecular formula is C53H38. The Hall–Kier alpha value is -6.50. The maximum absolute atomic E-state index is 2.42. The van der Waals surface area contributed by atoms with E-state index in [1.807, 2.05) is 0 Å². The number of benzene rings is 9. The smallest absolute Gasteiger partial charge is 0.0159 e. The van der Waals surface area contributed by atoms with Crippen LogP contribution in [-0.2, 0) is 5.41 Å². The Labute approximate surface area is 311 Å². The second kappa shape index (κ2) is 12.3. The Balaban J connectivity index is 0.905.